The van der Waals surface area contributed by atoms with Crippen LogP contribution in [0.1, 0.15) is 39.0 Å². The standard InChI is InChI=1S/C12H22N2O4/c1-8(3-2-4-11(15)16)14-12(17)10-6-5-9(7-13)18-10/h8-10H,2-7,13H2,1H3,(H,14,17)(H,15,16). The van der Waals surface area contributed by atoms with Gasteiger partial charge in [0.05, 0.1) is 6.10 Å². The Morgan fingerprint density at radius 2 is 2.22 bits per heavy atom. The second-order valence-corrected chi connectivity index (χ2v) is 4.76. The highest BCUT2D eigenvalue weighted by molar-refractivity contribution is 5.81. The SMILES string of the molecule is CC(CCCC(=O)O)NC(=O)C1CCC(CN)O1. The third-order valence-electron chi connectivity index (χ3n) is 3.08. The van der Waals surface area contributed by atoms with Gasteiger partial charge in [-0.25, -0.2) is 0 Å². The Hall–Kier alpha value is -1.14. The monoisotopic (exact) mass is 258 g/mol. The van der Waals surface area contributed by atoms with Crippen LogP contribution < -0.4 is 11.1 Å². The number of amides is 1. The van der Waals surface area contributed by atoms with E-state index in [4.69, 9.17) is 15.6 Å². The summed E-state index contributed by atoms with van der Waals surface area (Å²) >= 11 is 0. The Bertz CT molecular complexity index is 296. The molecule has 0 bridgehead atoms. The molecule has 104 valence electrons. The molecule has 3 atom stereocenters. The van der Waals surface area contributed by atoms with E-state index in [9.17, 15) is 9.59 Å². The van der Waals surface area contributed by atoms with Gasteiger partial charge in [-0.15, -0.1) is 0 Å². The second kappa shape index (κ2) is 7.33. The molecule has 1 fully saturated rings. The van der Waals surface area contributed by atoms with Gasteiger partial charge in [0, 0.05) is 19.0 Å². The number of carbonyl (C=O) groups is 2. The second-order valence-electron chi connectivity index (χ2n) is 4.76. The molecular formula is C12H22N2O4. The van der Waals surface area contributed by atoms with Gasteiger partial charge in [-0.1, -0.05) is 0 Å². The molecule has 1 heterocycles. The van der Waals surface area contributed by atoms with Crippen LogP contribution in [-0.2, 0) is 14.3 Å². The predicted molar refractivity (Wildman–Crippen MR) is 66.0 cm³/mol. The van der Waals surface area contributed by atoms with Crippen LogP contribution in [0.2, 0.25) is 0 Å². The first-order chi connectivity index (χ1) is 8.52. The average molecular weight is 258 g/mol. The third-order valence-corrected chi connectivity index (χ3v) is 3.08. The molecule has 1 rings (SSSR count). The summed E-state index contributed by atoms with van der Waals surface area (Å²) in [4.78, 5) is 22.2. The molecule has 4 N–H and O–H groups in total. The predicted octanol–water partition coefficient (Wildman–Crippen LogP) is 0.252. The van der Waals surface area contributed by atoms with Crippen molar-refractivity contribution in [3.8, 4) is 0 Å². The Labute approximate surface area is 107 Å². The molecule has 1 saturated heterocycles. The first kappa shape index (κ1) is 14.9. The molecule has 6 nitrogen and oxygen atoms in total. The van der Waals surface area contributed by atoms with Crippen molar-refractivity contribution in [3.05, 3.63) is 0 Å². The lowest BCUT2D eigenvalue weighted by Crippen LogP contribution is -2.40. The number of carboxylic acid groups (broad SMARTS) is 1. The van der Waals surface area contributed by atoms with E-state index in [-0.39, 0.29) is 24.5 Å². The van der Waals surface area contributed by atoms with Crippen molar-refractivity contribution < 1.29 is 19.4 Å². The van der Waals surface area contributed by atoms with E-state index >= 15 is 0 Å². The van der Waals surface area contributed by atoms with Gasteiger partial charge in [0.2, 0.25) is 5.91 Å². The summed E-state index contributed by atoms with van der Waals surface area (Å²) in [6.07, 6.45) is 2.47. The number of rotatable bonds is 7. The zero-order valence-corrected chi connectivity index (χ0v) is 10.7. The minimum Gasteiger partial charge on any atom is -0.481 e. The quantitative estimate of drug-likeness (QED) is 0.607. The number of aliphatic carboxylic acids is 1. The zero-order valence-electron chi connectivity index (χ0n) is 10.7. The van der Waals surface area contributed by atoms with Crippen LogP contribution in [0, 0.1) is 0 Å². The van der Waals surface area contributed by atoms with Crippen LogP contribution in [0.3, 0.4) is 0 Å². The largest absolute Gasteiger partial charge is 0.481 e. The van der Waals surface area contributed by atoms with E-state index in [0.29, 0.717) is 25.8 Å². The van der Waals surface area contributed by atoms with Crippen molar-refractivity contribution in [2.24, 2.45) is 5.73 Å². The van der Waals surface area contributed by atoms with Gasteiger partial charge in [-0.3, -0.25) is 9.59 Å². The highest BCUT2D eigenvalue weighted by atomic mass is 16.5. The number of nitrogens with two attached hydrogens (primary N) is 1. The summed E-state index contributed by atoms with van der Waals surface area (Å²) in [7, 11) is 0. The Balaban J connectivity index is 2.21. The third kappa shape index (κ3) is 5.01. The molecular weight excluding hydrogens is 236 g/mol. The van der Waals surface area contributed by atoms with Gasteiger partial charge in [0.25, 0.3) is 0 Å². The molecule has 0 aliphatic carbocycles. The maximum absolute atomic E-state index is 11.8. The Morgan fingerprint density at radius 1 is 1.50 bits per heavy atom. The van der Waals surface area contributed by atoms with Crippen LogP contribution in [0.25, 0.3) is 0 Å². The zero-order chi connectivity index (χ0) is 13.5. The maximum Gasteiger partial charge on any atom is 0.303 e. The molecule has 0 aromatic rings. The smallest absolute Gasteiger partial charge is 0.303 e. The van der Waals surface area contributed by atoms with Crippen molar-refractivity contribution in [2.75, 3.05) is 6.54 Å². The maximum atomic E-state index is 11.8. The fraction of sp³-hybridized carbons (Fsp3) is 0.833. The van der Waals surface area contributed by atoms with E-state index < -0.39 is 12.1 Å². The van der Waals surface area contributed by atoms with Crippen LogP contribution in [0.5, 0.6) is 0 Å². The number of hydrogen-bond acceptors (Lipinski definition) is 4. The molecule has 1 amide bonds. The lowest BCUT2D eigenvalue weighted by molar-refractivity contribution is -0.137. The van der Waals surface area contributed by atoms with E-state index in [2.05, 4.69) is 5.32 Å². The van der Waals surface area contributed by atoms with E-state index in [1.54, 1.807) is 0 Å². The molecule has 18 heavy (non-hydrogen) atoms. The summed E-state index contributed by atoms with van der Waals surface area (Å²) < 4.78 is 5.48. The first-order valence-electron chi connectivity index (χ1n) is 6.40. The van der Waals surface area contributed by atoms with E-state index in [1.807, 2.05) is 6.92 Å². The van der Waals surface area contributed by atoms with Crippen LogP contribution in [-0.4, -0.2) is 41.8 Å². The van der Waals surface area contributed by atoms with Crippen molar-refractivity contribution in [1.82, 2.24) is 5.32 Å². The lowest BCUT2D eigenvalue weighted by Gasteiger charge is -2.17. The van der Waals surface area contributed by atoms with Gasteiger partial charge in [-0.2, -0.15) is 0 Å². The molecule has 0 saturated carbocycles. The van der Waals surface area contributed by atoms with Crippen molar-refractivity contribution in [3.63, 3.8) is 0 Å². The molecule has 3 unspecified atom stereocenters. The average Bonchev–Trinajstić information content (AvgIpc) is 2.76. The Morgan fingerprint density at radius 3 is 2.78 bits per heavy atom. The van der Waals surface area contributed by atoms with Crippen LogP contribution in [0.15, 0.2) is 0 Å². The highest BCUT2D eigenvalue weighted by Crippen LogP contribution is 2.19. The summed E-state index contributed by atoms with van der Waals surface area (Å²) in [6.45, 7) is 2.31. The minimum absolute atomic E-state index is 0.0110. The Kier molecular flexibility index (Phi) is 6.07. The van der Waals surface area contributed by atoms with Gasteiger partial charge in [0.1, 0.15) is 6.10 Å². The van der Waals surface area contributed by atoms with Gasteiger partial charge >= 0.3 is 5.97 Å². The number of carboxylic acids is 1. The molecule has 1 aliphatic rings. The van der Waals surface area contributed by atoms with E-state index in [1.165, 1.54) is 0 Å². The van der Waals surface area contributed by atoms with Gasteiger partial charge < -0.3 is 20.9 Å². The molecule has 1 aliphatic heterocycles. The van der Waals surface area contributed by atoms with Crippen LogP contribution in [0.4, 0.5) is 0 Å². The van der Waals surface area contributed by atoms with E-state index in [0.717, 1.165) is 6.42 Å². The normalized spacial score (nSPS) is 24.8. The van der Waals surface area contributed by atoms with Crippen molar-refractivity contribution >= 4 is 11.9 Å². The molecule has 6 heteroatoms. The van der Waals surface area contributed by atoms with Crippen LogP contribution >= 0.6 is 0 Å². The lowest BCUT2D eigenvalue weighted by atomic mass is 10.1. The summed E-state index contributed by atoms with van der Waals surface area (Å²) in [5.74, 6) is -0.924. The molecule has 0 aromatic carbocycles. The molecule has 0 spiro atoms. The summed E-state index contributed by atoms with van der Waals surface area (Å²) in [5, 5.41) is 11.4. The van der Waals surface area contributed by atoms with Crippen molar-refractivity contribution in [2.45, 2.75) is 57.3 Å². The molecule has 0 radical (unpaired) electrons. The fourth-order valence-corrected chi connectivity index (χ4v) is 2.04. The number of hydrogen-bond donors (Lipinski definition) is 3. The molecule has 0 aromatic heterocycles. The fourth-order valence-electron chi connectivity index (χ4n) is 2.04. The highest BCUT2D eigenvalue weighted by Gasteiger charge is 2.30. The number of carbonyl (C=O) groups excluding carboxylic acids is 1. The minimum atomic E-state index is -0.807. The number of nitrogens with one attached hydrogen (secondary N) is 1. The first-order valence-corrected chi connectivity index (χ1v) is 6.40. The van der Waals surface area contributed by atoms with Gasteiger partial charge in [-0.05, 0) is 32.6 Å². The summed E-state index contributed by atoms with van der Waals surface area (Å²) in [6, 6.07) is -0.0302. The van der Waals surface area contributed by atoms with Crippen molar-refractivity contribution in [1.29, 1.82) is 0 Å². The number of ether oxygens (including phenoxy) is 1. The van der Waals surface area contributed by atoms with Gasteiger partial charge in [0.15, 0.2) is 0 Å². The summed E-state index contributed by atoms with van der Waals surface area (Å²) in [5.41, 5.74) is 5.48. The topological polar surface area (TPSA) is 102 Å².